The van der Waals surface area contributed by atoms with Gasteiger partial charge in [-0.05, 0) is 93.7 Å². The molecule has 11 rings (SSSR count). The number of carboxylic acids is 1. The molecule has 0 fully saturated rings. The fraction of sp³-hybridized carbons (Fsp3) is 0.231. The van der Waals surface area contributed by atoms with Crippen LogP contribution in [0.15, 0.2) is 153 Å². The summed E-state index contributed by atoms with van der Waals surface area (Å²) in [4.78, 5) is 73.9. The van der Waals surface area contributed by atoms with Gasteiger partial charge in [-0.3, -0.25) is 14.5 Å². The number of ether oxygens (including phenoxy) is 3. The van der Waals surface area contributed by atoms with Gasteiger partial charge < -0.3 is 49.7 Å². The first kappa shape index (κ1) is 69.7. The molecule has 0 aliphatic rings. The Bertz CT molecular complexity index is 5040. The molecular formula is C65H64N24O10S. The number of aromatic nitrogens is 13. The molecule has 7 heterocycles. The number of anilines is 7. The lowest BCUT2D eigenvalue weighted by atomic mass is 10.0. The van der Waals surface area contributed by atoms with E-state index in [4.69, 9.17) is 33.7 Å². The highest BCUT2D eigenvalue weighted by Gasteiger charge is 2.29. The standard InChI is InChI=1S/C35H33N11O8S.C30H31N13O2/c1-20(17-27(47)48)33(49)53-16-8-15-38-30-28(31(55(50,51)37-2)42-34(41-30)39-23-14-13-21-9-4-5-10-22(21)18-23)43-44-29-24(19-36)32(52-3)46(45-29)35-40-25-11-6-7-12-26(25)54-35;1-6-25(44)45-9-7-8-34-29-26(39-40-28-22(12-31)15-42(41-28)23-13-32-16-35-23)21(5)37-30(38-29)43(24-14-33-17-36-24)27-19(3)10-18(2)11-20(27)4/h4-7,9-14,18,20,37H,8,15-17H2,1-3H3,(H,47,48)(H2,38,39,41,42);6,10-11,13-17H,1,7-9H2,2-5H3,(H,32,35)(H,33,36)(H,34,37,38). The predicted molar refractivity (Wildman–Crippen MR) is 364 cm³/mol. The number of aryl methyl sites for hydroxylation is 4. The number of methoxy groups -OCH3 is 1. The molecule has 0 radical (unpaired) electrons. The topological polar surface area (TPSA) is 452 Å². The first-order chi connectivity index (χ1) is 48.3. The minimum atomic E-state index is -4.34. The molecule has 7 N–H and O–H groups in total. The van der Waals surface area contributed by atoms with Gasteiger partial charge in [0, 0.05) is 24.9 Å². The van der Waals surface area contributed by atoms with Gasteiger partial charge in [0.15, 0.2) is 34.3 Å². The highest BCUT2D eigenvalue weighted by molar-refractivity contribution is 7.89. The van der Waals surface area contributed by atoms with Crippen LogP contribution in [0.2, 0.25) is 0 Å². The molecule has 0 saturated heterocycles. The van der Waals surface area contributed by atoms with Crippen molar-refractivity contribution in [1.29, 1.82) is 10.5 Å². The summed E-state index contributed by atoms with van der Waals surface area (Å²) in [6.07, 6.45) is 9.34. The van der Waals surface area contributed by atoms with Crippen molar-refractivity contribution in [2.24, 2.45) is 26.4 Å². The number of oxazole rings is 1. The summed E-state index contributed by atoms with van der Waals surface area (Å²) in [6, 6.07) is 28.4. The Balaban J connectivity index is 0.000000220. The summed E-state index contributed by atoms with van der Waals surface area (Å²) >= 11 is 0. The first-order valence-electron chi connectivity index (χ1n) is 30.6. The molecule has 0 bridgehead atoms. The summed E-state index contributed by atoms with van der Waals surface area (Å²) in [5.74, 6) is -1.58. The number of H-pyrrole nitrogens is 2. The largest absolute Gasteiger partial charge is 0.481 e. The number of carbonyl (C=O) groups excluding carboxylic acids is 2. The Morgan fingerprint density at radius 3 is 2.17 bits per heavy atom. The maximum absolute atomic E-state index is 13.5. The molecule has 0 aliphatic carbocycles. The van der Waals surface area contributed by atoms with Crippen molar-refractivity contribution in [2.45, 2.75) is 58.9 Å². The van der Waals surface area contributed by atoms with Crippen LogP contribution in [0.5, 0.6) is 5.88 Å². The molecule has 0 aliphatic heterocycles. The van der Waals surface area contributed by atoms with E-state index in [1.807, 2.05) is 61.2 Å². The van der Waals surface area contributed by atoms with Crippen LogP contribution in [0, 0.1) is 56.3 Å². The van der Waals surface area contributed by atoms with Crippen LogP contribution in [0.25, 0.3) is 33.7 Å². The Morgan fingerprint density at radius 1 is 0.810 bits per heavy atom. The molecule has 1 unspecified atom stereocenters. The highest BCUT2D eigenvalue weighted by Crippen LogP contribution is 2.41. The quantitative estimate of drug-likeness (QED) is 0.00787. The van der Waals surface area contributed by atoms with Crippen molar-refractivity contribution in [1.82, 2.24) is 69.1 Å². The third-order valence-corrected chi connectivity index (χ3v) is 15.9. The van der Waals surface area contributed by atoms with E-state index in [1.54, 1.807) is 56.0 Å². The van der Waals surface area contributed by atoms with Crippen molar-refractivity contribution in [2.75, 3.05) is 61.3 Å². The number of nitrogens with one attached hydrogen (secondary N) is 6. The number of imidazole rings is 2. The number of aromatic amines is 2. The number of para-hydroxylation sites is 2. The van der Waals surface area contributed by atoms with E-state index in [1.165, 1.54) is 38.3 Å². The second kappa shape index (κ2) is 31.6. The van der Waals surface area contributed by atoms with Gasteiger partial charge in [-0.15, -0.1) is 35.3 Å². The van der Waals surface area contributed by atoms with E-state index >= 15 is 0 Å². The average Bonchev–Trinajstić information content (AvgIpc) is 1.28. The van der Waals surface area contributed by atoms with Crippen LogP contribution < -0.4 is 30.3 Å². The minimum absolute atomic E-state index is 0.0256. The zero-order valence-corrected chi connectivity index (χ0v) is 55.6. The summed E-state index contributed by atoms with van der Waals surface area (Å²) in [5.41, 5.74) is 6.22. The Labute approximate surface area is 570 Å². The lowest BCUT2D eigenvalue weighted by Gasteiger charge is -2.26. The van der Waals surface area contributed by atoms with Crippen molar-refractivity contribution in [3.05, 3.63) is 156 Å². The number of aliphatic carboxylic acids is 1. The number of azo groups is 2. The normalized spacial score (nSPS) is 11.6. The van der Waals surface area contributed by atoms with Gasteiger partial charge in [0.05, 0.1) is 75.3 Å². The zero-order valence-electron chi connectivity index (χ0n) is 54.8. The zero-order chi connectivity index (χ0) is 71.0. The number of sulfonamides is 1. The average molecular weight is 1370 g/mol. The number of nitrogens with zero attached hydrogens (tertiary/aromatic N) is 18. The van der Waals surface area contributed by atoms with Crippen LogP contribution >= 0.6 is 0 Å². The van der Waals surface area contributed by atoms with Crippen LogP contribution in [-0.2, 0) is 33.9 Å². The van der Waals surface area contributed by atoms with Gasteiger partial charge in [-0.25, -0.2) is 37.6 Å². The molecule has 1 atom stereocenters. The predicted octanol–water partition coefficient (Wildman–Crippen LogP) is 11.0. The first-order valence-corrected chi connectivity index (χ1v) is 32.0. The number of fused-ring (bicyclic) bond motifs is 2. The SMILES string of the molecule is C=CC(=O)OCCCNc1nc(N(c2cnc[nH]2)c2c(C)cc(C)cc2C)nc(C)c1N=Nc1nn(-c2cnc[nH]2)cc1C#N.CNS(=O)(=O)c1nc(Nc2ccc3ccccc3c2)nc(NCCCOC(=O)C(C)CC(=O)O)c1N=Nc1nn(-c2nc3ccccc3o2)c(OC)c1C#N. The lowest BCUT2D eigenvalue weighted by Crippen LogP contribution is -2.22. The fourth-order valence-electron chi connectivity index (χ4n) is 9.99. The monoisotopic (exact) mass is 1370 g/mol. The maximum Gasteiger partial charge on any atom is 0.330 e. The van der Waals surface area contributed by atoms with Crippen LogP contribution in [-0.4, -0.2) is 136 Å². The van der Waals surface area contributed by atoms with E-state index in [2.05, 4.69) is 118 Å². The van der Waals surface area contributed by atoms with Gasteiger partial charge in [0.25, 0.3) is 10.0 Å². The van der Waals surface area contributed by atoms with Gasteiger partial charge >= 0.3 is 23.9 Å². The number of nitriles is 2. The van der Waals surface area contributed by atoms with E-state index in [0.717, 1.165) is 43.9 Å². The second-order valence-electron chi connectivity index (χ2n) is 21.8. The molecule has 4 aromatic carbocycles. The van der Waals surface area contributed by atoms with Gasteiger partial charge in [-0.1, -0.05) is 73.7 Å². The highest BCUT2D eigenvalue weighted by atomic mass is 32.2. The van der Waals surface area contributed by atoms with Crippen LogP contribution in [0.4, 0.5) is 63.7 Å². The smallest absolute Gasteiger partial charge is 0.330 e. The van der Waals surface area contributed by atoms with E-state index in [9.17, 15) is 33.3 Å². The Morgan fingerprint density at radius 2 is 1.50 bits per heavy atom. The van der Waals surface area contributed by atoms with Crippen LogP contribution in [0.1, 0.15) is 59.7 Å². The third kappa shape index (κ3) is 16.4. The van der Waals surface area contributed by atoms with E-state index in [0.29, 0.717) is 64.5 Å². The second-order valence-corrected chi connectivity index (χ2v) is 23.6. The fourth-order valence-corrected chi connectivity index (χ4v) is 10.8. The molecule has 0 saturated carbocycles. The summed E-state index contributed by atoms with van der Waals surface area (Å²) < 4.78 is 53.4. The molecule has 0 amide bonds. The number of hydrogen-bond donors (Lipinski definition) is 7. The van der Waals surface area contributed by atoms with Gasteiger partial charge in [0.2, 0.25) is 34.4 Å². The van der Waals surface area contributed by atoms with Gasteiger partial charge in [-0.2, -0.15) is 30.5 Å². The number of esters is 2. The number of carboxylic acid groups (broad SMARTS) is 1. The number of rotatable bonds is 28. The van der Waals surface area contributed by atoms with Crippen LogP contribution in [0.3, 0.4) is 0 Å². The van der Waals surface area contributed by atoms with E-state index < -0.39 is 38.9 Å². The maximum atomic E-state index is 13.5. The molecule has 510 valence electrons. The Hall–Kier alpha value is -13.2. The van der Waals surface area contributed by atoms with Gasteiger partial charge in [0.1, 0.15) is 34.7 Å². The molecule has 11 aromatic rings. The van der Waals surface area contributed by atoms with Crippen molar-refractivity contribution in [3.63, 3.8) is 0 Å². The summed E-state index contributed by atoms with van der Waals surface area (Å²) in [7, 11) is -1.83. The molecule has 100 heavy (non-hydrogen) atoms. The third-order valence-electron chi connectivity index (χ3n) is 14.6. The molecule has 34 nitrogen and oxygen atoms in total. The molecule has 7 aromatic heterocycles. The summed E-state index contributed by atoms with van der Waals surface area (Å²) in [6.45, 7) is 13.4. The number of benzene rings is 4. The summed E-state index contributed by atoms with van der Waals surface area (Å²) in [5, 5.41) is 65.2. The Kier molecular flexibility index (Phi) is 22.0. The number of hydrogen-bond acceptors (Lipinski definition) is 28. The van der Waals surface area contributed by atoms with Crippen molar-refractivity contribution >= 4 is 114 Å². The number of carbonyl (C=O) groups is 3. The van der Waals surface area contributed by atoms with E-state index in [-0.39, 0.29) is 84.7 Å². The lowest BCUT2D eigenvalue weighted by molar-refractivity contribution is -0.152. The molecular weight excluding hydrogens is 1310 g/mol. The molecule has 35 heteroatoms. The van der Waals surface area contributed by atoms with Crippen molar-refractivity contribution in [3.8, 4) is 29.9 Å². The molecule has 0 spiro atoms. The van der Waals surface area contributed by atoms with Crippen molar-refractivity contribution < 1.29 is 46.5 Å². The minimum Gasteiger partial charge on any atom is -0.481 e.